The second kappa shape index (κ2) is 16.6. The first-order chi connectivity index (χ1) is 26.1. The minimum absolute atomic E-state index is 0.00118. The van der Waals surface area contributed by atoms with Gasteiger partial charge in [0.2, 0.25) is 5.89 Å². The molecular weight excluding hydrogens is 707 g/mol. The molecule has 0 unspecified atom stereocenters. The highest BCUT2D eigenvalue weighted by molar-refractivity contribution is 6.03. The number of hydrogen-bond donors (Lipinski definition) is 1. The average Bonchev–Trinajstić information content (AvgIpc) is 3.78. The second-order valence-electron chi connectivity index (χ2n) is 13.7. The minimum Gasteiger partial charge on any atom is -0.504 e. The smallest absolute Gasteiger partial charge is 0.504 e. The summed E-state index contributed by atoms with van der Waals surface area (Å²) in [6.07, 6.45) is 2.71. The van der Waals surface area contributed by atoms with Crippen LogP contribution in [-0.2, 0) is 0 Å². The van der Waals surface area contributed by atoms with Crippen LogP contribution in [0, 0.1) is 0 Å². The van der Waals surface area contributed by atoms with Crippen molar-refractivity contribution in [1.29, 1.82) is 0 Å². The normalized spacial score (nSPS) is 17.7. The van der Waals surface area contributed by atoms with Crippen LogP contribution in [0.3, 0.4) is 0 Å². The van der Waals surface area contributed by atoms with Crippen molar-refractivity contribution < 1.29 is 46.4 Å². The zero-order chi connectivity index (χ0) is 37.7. The lowest BCUT2D eigenvalue weighted by Crippen LogP contribution is -2.46. The first-order valence-electron chi connectivity index (χ1n) is 18.4. The highest BCUT2D eigenvalue weighted by Crippen LogP contribution is 2.38. The number of benzene rings is 3. The number of carbonyl (C=O) groups is 1. The predicted molar refractivity (Wildman–Crippen MR) is 195 cm³/mol. The van der Waals surface area contributed by atoms with Gasteiger partial charge in [0.05, 0.1) is 37.6 Å². The van der Waals surface area contributed by atoms with Gasteiger partial charge >= 0.3 is 6.36 Å². The predicted octanol–water partition coefficient (Wildman–Crippen LogP) is 7.06. The third-order valence-electron chi connectivity index (χ3n) is 9.97. The number of amides is 1. The maximum absolute atomic E-state index is 13.1. The molecule has 2 fully saturated rings. The molecule has 3 aliphatic rings. The van der Waals surface area contributed by atoms with Gasteiger partial charge in [-0.3, -0.25) is 9.79 Å². The number of aliphatic imine (C=N–C) groups is 1. The Bertz CT molecular complexity index is 1960. The standard InChI is InChI=1S/C39H44F3N5O7/c1-50-35-23-29-31(43-25-27-7-6-14-47(27)38(29)49)24-36(35)52-20-5-3-13-46-17-15-45(16-18-46)12-2-4-19-51-33-11-8-26(21-32(33)48)37-44-30-10-9-28(22-34(30)53-37)54-39(40,41)42/h8-11,21-25,27,48H,2-7,12-20H2,1H3/t27-/m0/s1. The fourth-order valence-electron chi connectivity index (χ4n) is 7.09. The van der Waals surface area contributed by atoms with E-state index in [-0.39, 0.29) is 29.2 Å². The average molecular weight is 752 g/mol. The van der Waals surface area contributed by atoms with Crippen molar-refractivity contribution in [2.24, 2.45) is 4.99 Å². The van der Waals surface area contributed by atoms with Crippen LogP contribution in [0.2, 0.25) is 0 Å². The van der Waals surface area contributed by atoms with Crippen molar-refractivity contribution in [3.05, 3.63) is 54.1 Å². The number of carbonyl (C=O) groups excluding carboxylic acids is 1. The molecule has 288 valence electrons. The van der Waals surface area contributed by atoms with Gasteiger partial charge in [-0.05, 0) is 88.0 Å². The summed E-state index contributed by atoms with van der Waals surface area (Å²) in [7, 11) is 1.59. The number of fused-ring (bicyclic) bond motifs is 3. The van der Waals surface area contributed by atoms with Gasteiger partial charge in [0, 0.05) is 56.6 Å². The maximum atomic E-state index is 13.1. The third kappa shape index (κ3) is 9.01. The van der Waals surface area contributed by atoms with E-state index in [1.165, 1.54) is 12.1 Å². The molecule has 0 radical (unpaired) electrons. The van der Waals surface area contributed by atoms with Crippen LogP contribution >= 0.6 is 0 Å². The highest BCUT2D eigenvalue weighted by Gasteiger charge is 2.33. The summed E-state index contributed by atoms with van der Waals surface area (Å²) in [5.41, 5.74) is 2.14. The fraction of sp³-hybridized carbons (Fsp3) is 0.462. The van der Waals surface area contributed by atoms with Crippen molar-refractivity contribution in [1.82, 2.24) is 19.7 Å². The van der Waals surface area contributed by atoms with Gasteiger partial charge in [-0.1, -0.05) is 0 Å². The zero-order valence-electron chi connectivity index (χ0n) is 30.1. The molecule has 3 aliphatic heterocycles. The molecule has 4 aromatic rings. The Kier molecular flexibility index (Phi) is 11.4. The van der Waals surface area contributed by atoms with E-state index < -0.39 is 12.1 Å². The van der Waals surface area contributed by atoms with Crippen LogP contribution in [0.25, 0.3) is 22.6 Å². The first kappa shape index (κ1) is 37.3. The molecule has 15 heteroatoms. The van der Waals surface area contributed by atoms with Crippen LogP contribution in [-0.4, -0.2) is 115 Å². The quantitative estimate of drug-likeness (QED) is 0.126. The van der Waals surface area contributed by atoms with Gasteiger partial charge in [-0.25, -0.2) is 4.98 Å². The molecule has 0 spiro atoms. The lowest BCUT2D eigenvalue weighted by atomic mass is 10.1. The van der Waals surface area contributed by atoms with Crippen LogP contribution in [0.1, 0.15) is 48.9 Å². The molecule has 0 saturated carbocycles. The number of hydrogen-bond acceptors (Lipinski definition) is 11. The largest absolute Gasteiger partial charge is 0.573 e. The Morgan fingerprint density at radius 3 is 2.28 bits per heavy atom. The van der Waals surface area contributed by atoms with E-state index in [0.717, 1.165) is 96.5 Å². The molecular formula is C39H44F3N5O7. The van der Waals surface area contributed by atoms with Crippen LogP contribution in [0.4, 0.5) is 18.9 Å². The number of halogens is 3. The van der Waals surface area contributed by atoms with E-state index >= 15 is 0 Å². The Morgan fingerprint density at radius 2 is 1.59 bits per heavy atom. The number of phenols is 1. The molecule has 0 bridgehead atoms. The molecule has 0 aliphatic carbocycles. The summed E-state index contributed by atoms with van der Waals surface area (Å²) in [5.74, 6) is 1.15. The summed E-state index contributed by atoms with van der Waals surface area (Å²) >= 11 is 0. The molecule has 1 N–H and O–H groups in total. The number of piperazine rings is 1. The summed E-state index contributed by atoms with van der Waals surface area (Å²) < 4.78 is 64.7. The number of alkyl halides is 3. The lowest BCUT2D eigenvalue weighted by molar-refractivity contribution is -0.274. The number of ether oxygens (including phenoxy) is 4. The second-order valence-corrected chi connectivity index (χ2v) is 13.7. The summed E-state index contributed by atoms with van der Waals surface area (Å²) in [4.78, 5) is 28.9. The van der Waals surface area contributed by atoms with Gasteiger partial charge in [0.1, 0.15) is 11.3 Å². The van der Waals surface area contributed by atoms with E-state index in [9.17, 15) is 23.1 Å². The van der Waals surface area contributed by atoms with Gasteiger partial charge < -0.3 is 43.2 Å². The summed E-state index contributed by atoms with van der Waals surface area (Å²) in [6, 6.07) is 12.0. The molecule has 3 aromatic carbocycles. The van der Waals surface area contributed by atoms with Crippen LogP contribution in [0.5, 0.6) is 28.7 Å². The molecule has 7 rings (SSSR count). The third-order valence-corrected chi connectivity index (χ3v) is 9.97. The van der Waals surface area contributed by atoms with Crippen LogP contribution in [0.15, 0.2) is 57.9 Å². The Balaban J connectivity index is 0.774. The molecule has 4 heterocycles. The van der Waals surface area contributed by atoms with E-state index in [2.05, 4.69) is 24.5 Å². The SMILES string of the molecule is COc1cc2c(cc1OCCCCN1CCN(CCCCOc3ccc(-c4nc5ccc(OC(F)(F)F)cc5o4)cc3O)CC1)N=C[C@@H]1CCCN1C2=O. The fourth-order valence-corrected chi connectivity index (χ4v) is 7.09. The molecule has 54 heavy (non-hydrogen) atoms. The van der Waals surface area contributed by atoms with E-state index in [0.29, 0.717) is 52.8 Å². The number of aromatic nitrogens is 1. The van der Waals surface area contributed by atoms with Crippen molar-refractivity contribution in [2.45, 2.75) is 50.9 Å². The first-order valence-corrected chi connectivity index (χ1v) is 18.4. The van der Waals surface area contributed by atoms with E-state index in [1.54, 1.807) is 25.3 Å². The Hall–Kier alpha value is -5.02. The van der Waals surface area contributed by atoms with Crippen molar-refractivity contribution in [2.75, 3.05) is 66.1 Å². The number of unbranched alkanes of at least 4 members (excludes halogenated alkanes) is 2. The Morgan fingerprint density at radius 1 is 0.870 bits per heavy atom. The lowest BCUT2D eigenvalue weighted by Gasteiger charge is -2.34. The van der Waals surface area contributed by atoms with Gasteiger partial charge in [0.25, 0.3) is 5.91 Å². The van der Waals surface area contributed by atoms with E-state index in [4.69, 9.17) is 18.6 Å². The number of oxazole rings is 1. The minimum atomic E-state index is -4.81. The number of rotatable bonds is 15. The van der Waals surface area contributed by atoms with Gasteiger partial charge in [-0.2, -0.15) is 0 Å². The number of nitrogens with zero attached hydrogens (tertiary/aromatic N) is 5. The van der Waals surface area contributed by atoms with Crippen molar-refractivity contribution in [3.63, 3.8) is 0 Å². The van der Waals surface area contributed by atoms with E-state index in [1.807, 2.05) is 17.2 Å². The molecule has 1 aromatic heterocycles. The maximum Gasteiger partial charge on any atom is 0.573 e. The number of phenolic OH excluding ortho intramolecular Hbond substituents is 1. The van der Waals surface area contributed by atoms with Crippen molar-refractivity contribution >= 4 is 28.9 Å². The summed E-state index contributed by atoms with van der Waals surface area (Å²) in [6.45, 7) is 7.79. The Labute approximate surface area is 311 Å². The number of methoxy groups -OCH3 is 1. The van der Waals surface area contributed by atoms with Gasteiger partial charge in [0.15, 0.2) is 28.6 Å². The monoisotopic (exact) mass is 751 g/mol. The highest BCUT2D eigenvalue weighted by atomic mass is 19.4. The molecule has 12 nitrogen and oxygen atoms in total. The number of aromatic hydroxyl groups is 1. The topological polar surface area (TPSA) is 122 Å². The summed E-state index contributed by atoms with van der Waals surface area (Å²) in [5, 5.41) is 10.5. The van der Waals surface area contributed by atoms with Gasteiger partial charge in [-0.15, -0.1) is 13.2 Å². The molecule has 1 atom stereocenters. The zero-order valence-corrected chi connectivity index (χ0v) is 30.1. The molecule has 2 saturated heterocycles. The van der Waals surface area contributed by atoms with Crippen molar-refractivity contribution in [3.8, 4) is 40.2 Å². The molecule has 1 amide bonds. The van der Waals surface area contributed by atoms with Crippen LogP contribution < -0.4 is 18.9 Å².